The van der Waals surface area contributed by atoms with E-state index in [9.17, 15) is 8.78 Å². The molecule has 0 saturated heterocycles. The highest BCUT2D eigenvalue weighted by molar-refractivity contribution is 6.28. The van der Waals surface area contributed by atoms with Crippen LogP contribution in [-0.4, -0.2) is 16.5 Å². The average Bonchev–Trinajstić information content (AvgIpc) is 2.36. The molecular weight excluding hydrogens is 260 g/mol. The normalized spacial score (nSPS) is 10.4. The number of nitrogens with zero attached hydrogens (tertiary/aromatic N) is 2. The van der Waals surface area contributed by atoms with Crippen LogP contribution < -0.4 is 5.32 Å². The van der Waals surface area contributed by atoms with Crippen LogP contribution >= 0.6 is 11.6 Å². The van der Waals surface area contributed by atoms with Crippen LogP contribution in [0.25, 0.3) is 0 Å². The van der Waals surface area contributed by atoms with E-state index < -0.39 is 5.82 Å². The van der Waals surface area contributed by atoms with Crippen LogP contribution in [0.3, 0.4) is 0 Å². The van der Waals surface area contributed by atoms with Crippen molar-refractivity contribution in [3.63, 3.8) is 0 Å². The molecule has 2 rings (SSSR count). The number of hydrogen-bond acceptors (Lipinski definition) is 3. The molecule has 0 aliphatic rings. The fraction of sp³-hybridized carbons (Fsp3) is 0.167. The van der Waals surface area contributed by atoms with Crippen molar-refractivity contribution in [1.29, 1.82) is 0 Å². The van der Waals surface area contributed by atoms with Gasteiger partial charge in [0.15, 0.2) is 11.6 Å². The van der Waals surface area contributed by atoms with Gasteiger partial charge in [-0.25, -0.2) is 13.8 Å². The van der Waals surface area contributed by atoms with Gasteiger partial charge in [0.1, 0.15) is 5.82 Å². The van der Waals surface area contributed by atoms with E-state index in [4.69, 9.17) is 11.6 Å². The summed E-state index contributed by atoms with van der Waals surface area (Å²) in [7, 11) is 0. The first-order valence-electron chi connectivity index (χ1n) is 5.32. The zero-order chi connectivity index (χ0) is 13.0. The van der Waals surface area contributed by atoms with Gasteiger partial charge < -0.3 is 5.32 Å². The number of halogens is 3. The smallest absolute Gasteiger partial charge is 0.224 e. The number of anilines is 1. The number of rotatable bonds is 4. The predicted octanol–water partition coefficient (Wildman–Crippen LogP) is 3.06. The van der Waals surface area contributed by atoms with Gasteiger partial charge in [-0.15, -0.1) is 0 Å². The molecule has 1 aromatic carbocycles. The zero-order valence-electron chi connectivity index (χ0n) is 9.33. The lowest BCUT2D eigenvalue weighted by atomic mass is 10.1. The largest absolute Gasteiger partial charge is 0.367 e. The van der Waals surface area contributed by atoms with E-state index in [0.29, 0.717) is 18.5 Å². The Balaban J connectivity index is 1.96. The summed E-state index contributed by atoms with van der Waals surface area (Å²) in [6.07, 6.45) is 1.41. The van der Waals surface area contributed by atoms with E-state index in [1.165, 1.54) is 6.07 Å². The highest BCUT2D eigenvalue weighted by Gasteiger charge is 2.06. The van der Waals surface area contributed by atoms with Crippen molar-refractivity contribution in [2.45, 2.75) is 6.42 Å². The molecule has 0 unspecified atom stereocenters. The second-order valence-electron chi connectivity index (χ2n) is 3.60. The molecule has 1 aromatic heterocycles. The Kier molecular flexibility index (Phi) is 4.04. The summed E-state index contributed by atoms with van der Waals surface area (Å²) in [6.45, 7) is 0.352. The Labute approximate surface area is 108 Å². The van der Waals surface area contributed by atoms with Gasteiger partial charge in [-0.05, 0) is 29.7 Å². The summed E-state index contributed by atoms with van der Waals surface area (Å²) >= 11 is 5.55. The van der Waals surface area contributed by atoms with E-state index in [-0.39, 0.29) is 16.9 Å². The van der Waals surface area contributed by atoms with Crippen LogP contribution in [0.1, 0.15) is 5.56 Å². The van der Waals surface area contributed by atoms with Gasteiger partial charge in [0, 0.05) is 6.54 Å². The quantitative estimate of drug-likeness (QED) is 0.867. The number of benzene rings is 1. The number of nitrogens with one attached hydrogen (secondary N) is 1. The minimum Gasteiger partial charge on any atom is -0.367 e. The Morgan fingerprint density at radius 1 is 1.17 bits per heavy atom. The molecule has 0 aliphatic carbocycles. The third kappa shape index (κ3) is 3.13. The van der Waals surface area contributed by atoms with E-state index >= 15 is 0 Å². The molecule has 18 heavy (non-hydrogen) atoms. The van der Waals surface area contributed by atoms with Crippen LogP contribution in [0.15, 0.2) is 30.5 Å². The number of hydrogen-bond donors (Lipinski definition) is 1. The van der Waals surface area contributed by atoms with E-state index in [1.54, 1.807) is 18.2 Å². The van der Waals surface area contributed by atoms with Crippen molar-refractivity contribution in [3.05, 3.63) is 52.9 Å². The molecule has 2 aromatic rings. The van der Waals surface area contributed by atoms with Gasteiger partial charge in [0.05, 0.1) is 6.20 Å². The monoisotopic (exact) mass is 269 g/mol. The maximum atomic E-state index is 13.3. The number of aromatic nitrogens is 2. The Morgan fingerprint density at radius 3 is 2.72 bits per heavy atom. The molecule has 0 aliphatic heterocycles. The fourth-order valence-corrected chi connectivity index (χ4v) is 1.62. The molecule has 0 bridgehead atoms. The van der Waals surface area contributed by atoms with Gasteiger partial charge >= 0.3 is 0 Å². The molecule has 0 radical (unpaired) electrons. The maximum Gasteiger partial charge on any atom is 0.224 e. The van der Waals surface area contributed by atoms with Gasteiger partial charge in [0.25, 0.3) is 0 Å². The third-order valence-corrected chi connectivity index (χ3v) is 2.54. The minimum absolute atomic E-state index is 0.0198. The Bertz CT molecular complexity index is 549. The zero-order valence-corrected chi connectivity index (χ0v) is 10.1. The van der Waals surface area contributed by atoms with Gasteiger partial charge in [-0.1, -0.05) is 18.2 Å². The fourth-order valence-electron chi connectivity index (χ4n) is 1.49. The predicted molar refractivity (Wildman–Crippen MR) is 65.6 cm³/mol. The second-order valence-corrected chi connectivity index (χ2v) is 3.94. The Morgan fingerprint density at radius 2 is 1.94 bits per heavy atom. The molecule has 0 fully saturated rings. The molecule has 1 N–H and O–H groups in total. The highest BCUT2D eigenvalue weighted by Crippen LogP contribution is 2.12. The van der Waals surface area contributed by atoms with Crippen molar-refractivity contribution in [2.75, 3.05) is 11.9 Å². The Hall–Kier alpha value is -1.75. The molecule has 0 atom stereocenters. The SMILES string of the molecule is Fc1ccccc1CCNc1nc(Cl)ncc1F. The molecule has 1 heterocycles. The summed E-state index contributed by atoms with van der Waals surface area (Å²) in [5, 5.41) is 2.72. The van der Waals surface area contributed by atoms with Gasteiger partial charge in [0.2, 0.25) is 5.28 Å². The van der Waals surface area contributed by atoms with Crippen molar-refractivity contribution >= 4 is 17.4 Å². The van der Waals surface area contributed by atoms with E-state index in [2.05, 4.69) is 15.3 Å². The first-order chi connectivity index (χ1) is 8.66. The van der Waals surface area contributed by atoms with Crippen LogP contribution in [0.5, 0.6) is 0 Å². The second kappa shape index (κ2) is 5.73. The molecule has 0 spiro atoms. The molecule has 6 heteroatoms. The standard InChI is InChI=1S/C12H10ClF2N3/c13-12-17-7-10(15)11(18-12)16-6-5-8-3-1-2-4-9(8)14/h1-4,7H,5-6H2,(H,16,17,18). The maximum absolute atomic E-state index is 13.3. The van der Waals surface area contributed by atoms with Crippen molar-refractivity contribution in [1.82, 2.24) is 9.97 Å². The summed E-state index contributed by atoms with van der Waals surface area (Å²) in [5.41, 5.74) is 0.561. The molecular formula is C12H10ClF2N3. The van der Waals surface area contributed by atoms with E-state index in [0.717, 1.165) is 6.20 Å². The third-order valence-electron chi connectivity index (χ3n) is 2.36. The van der Waals surface area contributed by atoms with E-state index in [1.807, 2.05) is 0 Å². The first kappa shape index (κ1) is 12.7. The van der Waals surface area contributed by atoms with Gasteiger partial charge in [-0.2, -0.15) is 4.98 Å². The van der Waals surface area contributed by atoms with Crippen LogP contribution in [0, 0.1) is 11.6 Å². The van der Waals surface area contributed by atoms with Crippen LogP contribution in [0.4, 0.5) is 14.6 Å². The summed E-state index contributed by atoms with van der Waals surface area (Å²) in [4.78, 5) is 7.20. The first-order valence-corrected chi connectivity index (χ1v) is 5.70. The van der Waals surface area contributed by atoms with Crippen molar-refractivity contribution in [3.8, 4) is 0 Å². The summed E-state index contributed by atoms with van der Waals surface area (Å²) < 4.78 is 26.6. The molecule has 0 saturated carbocycles. The lowest BCUT2D eigenvalue weighted by Gasteiger charge is -2.07. The lowest BCUT2D eigenvalue weighted by molar-refractivity contribution is 0.608. The summed E-state index contributed by atoms with van der Waals surface area (Å²) in [5.74, 6) is -0.847. The average molecular weight is 270 g/mol. The van der Waals surface area contributed by atoms with Gasteiger partial charge in [-0.3, -0.25) is 0 Å². The highest BCUT2D eigenvalue weighted by atomic mass is 35.5. The molecule has 3 nitrogen and oxygen atoms in total. The minimum atomic E-state index is -0.590. The van der Waals surface area contributed by atoms with Crippen LogP contribution in [0.2, 0.25) is 5.28 Å². The van der Waals surface area contributed by atoms with Crippen molar-refractivity contribution in [2.24, 2.45) is 0 Å². The lowest BCUT2D eigenvalue weighted by Crippen LogP contribution is -2.09. The van der Waals surface area contributed by atoms with Crippen molar-refractivity contribution < 1.29 is 8.78 Å². The summed E-state index contributed by atoms with van der Waals surface area (Å²) in [6, 6.07) is 6.44. The van der Waals surface area contributed by atoms with Crippen LogP contribution in [-0.2, 0) is 6.42 Å². The molecule has 94 valence electrons. The molecule has 0 amide bonds. The topological polar surface area (TPSA) is 37.8 Å².